The molecule has 1 N–H and O–H groups in total. The van der Waals surface area contributed by atoms with E-state index in [0.29, 0.717) is 23.8 Å². The zero-order valence-electron chi connectivity index (χ0n) is 17.0. The maximum Gasteiger partial charge on any atom is 0.307 e. The van der Waals surface area contributed by atoms with E-state index in [1.165, 1.54) is 34.0 Å². The summed E-state index contributed by atoms with van der Waals surface area (Å²) < 4.78 is 3.33. The number of benzene rings is 1. The third-order valence-corrected chi connectivity index (χ3v) is 5.67. The monoisotopic (exact) mass is 436 g/mol. The summed E-state index contributed by atoms with van der Waals surface area (Å²) in [5.74, 6) is 0.246. The van der Waals surface area contributed by atoms with Gasteiger partial charge in [0.1, 0.15) is 12.4 Å². The van der Waals surface area contributed by atoms with Gasteiger partial charge < -0.3 is 5.32 Å². The molecular formula is C21H20N6O3S. The lowest BCUT2D eigenvalue weighted by Crippen LogP contribution is -2.11. The Morgan fingerprint density at radius 2 is 2.03 bits per heavy atom. The fourth-order valence-electron chi connectivity index (χ4n) is 3.19. The van der Waals surface area contributed by atoms with Gasteiger partial charge in [0.05, 0.1) is 22.9 Å². The van der Waals surface area contributed by atoms with Crippen LogP contribution in [0.3, 0.4) is 0 Å². The molecule has 0 unspecified atom stereocenters. The second-order valence-corrected chi connectivity index (χ2v) is 8.16. The van der Waals surface area contributed by atoms with Crippen molar-refractivity contribution in [1.29, 1.82) is 0 Å². The molecule has 0 radical (unpaired) electrons. The van der Waals surface area contributed by atoms with Gasteiger partial charge in [-0.15, -0.1) is 11.3 Å². The molecule has 3 heterocycles. The molecule has 4 aromatic rings. The van der Waals surface area contributed by atoms with Crippen molar-refractivity contribution in [3.63, 3.8) is 0 Å². The normalized spacial score (nSPS) is 10.9. The van der Waals surface area contributed by atoms with E-state index in [-0.39, 0.29) is 11.6 Å². The van der Waals surface area contributed by atoms with E-state index in [9.17, 15) is 14.9 Å². The lowest BCUT2D eigenvalue weighted by Gasteiger charge is -2.05. The maximum absolute atomic E-state index is 12.6. The molecule has 0 bridgehead atoms. The Morgan fingerprint density at radius 3 is 2.77 bits per heavy atom. The minimum absolute atomic E-state index is 0.0650. The quantitative estimate of drug-likeness (QED) is 0.348. The van der Waals surface area contributed by atoms with E-state index in [0.717, 1.165) is 16.8 Å². The van der Waals surface area contributed by atoms with Gasteiger partial charge in [-0.1, -0.05) is 29.8 Å². The maximum atomic E-state index is 12.6. The van der Waals surface area contributed by atoms with Crippen LogP contribution in [0.1, 0.15) is 32.1 Å². The molecule has 0 aliphatic rings. The minimum Gasteiger partial charge on any atom is -0.304 e. The van der Waals surface area contributed by atoms with Crippen LogP contribution in [0.4, 0.5) is 11.5 Å². The molecule has 0 fully saturated rings. The molecular weight excluding hydrogens is 416 g/mol. The van der Waals surface area contributed by atoms with Crippen molar-refractivity contribution in [2.45, 2.75) is 26.9 Å². The number of hydrogen-bond donors (Lipinski definition) is 1. The van der Waals surface area contributed by atoms with Gasteiger partial charge in [0.15, 0.2) is 5.82 Å². The van der Waals surface area contributed by atoms with Crippen molar-refractivity contribution in [2.24, 2.45) is 0 Å². The largest absolute Gasteiger partial charge is 0.307 e. The summed E-state index contributed by atoms with van der Waals surface area (Å²) in [6, 6.07) is 11.8. The van der Waals surface area contributed by atoms with Crippen LogP contribution >= 0.6 is 11.3 Å². The summed E-state index contributed by atoms with van der Waals surface area (Å²) in [6.45, 7) is 4.98. The van der Waals surface area contributed by atoms with Gasteiger partial charge in [0.2, 0.25) is 0 Å². The van der Waals surface area contributed by atoms with Gasteiger partial charge in [-0.3, -0.25) is 24.3 Å². The van der Waals surface area contributed by atoms with Crippen molar-refractivity contribution in [3.05, 3.63) is 91.5 Å². The van der Waals surface area contributed by atoms with Crippen molar-refractivity contribution in [1.82, 2.24) is 19.6 Å². The average molecular weight is 436 g/mol. The van der Waals surface area contributed by atoms with E-state index in [2.05, 4.69) is 21.6 Å². The highest BCUT2D eigenvalue weighted by atomic mass is 32.1. The number of aromatic nitrogens is 4. The summed E-state index contributed by atoms with van der Waals surface area (Å²) in [5, 5.41) is 23.9. The molecule has 0 aliphatic carbocycles. The van der Waals surface area contributed by atoms with Crippen LogP contribution in [0.5, 0.6) is 0 Å². The van der Waals surface area contributed by atoms with Crippen LogP contribution in [0, 0.1) is 24.0 Å². The molecule has 3 aromatic heterocycles. The van der Waals surface area contributed by atoms with E-state index >= 15 is 0 Å². The zero-order valence-corrected chi connectivity index (χ0v) is 17.8. The van der Waals surface area contributed by atoms with Crippen LogP contribution < -0.4 is 5.32 Å². The SMILES string of the molecule is Cc1cccc(Cn2nc(NC(=O)c3cc(Cn4cc([N+](=O)[O-])cn4)cs3)cc2C)c1. The summed E-state index contributed by atoms with van der Waals surface area (Å²) in [4.78, 5) is 23.4. The van der Waals surface area contributed by atoms with Crippen molar-refractivity contribution >= 4 is 28.7 Å². The number of carbonyl (C=O) groups excluding carboxylic acids is 1. The van der Waals surface area contributed by atoms with Gasteiger partial charge >= 0.3 is 5.69 Å². The topological polar surface area (TPSA) is 108 Å². The first-order valence-electron chi connectivity index (χ1n) is 9.53. The number of nitro groups is 1. The summed E-state index contributed by atoms with van der Waals surface area (Å²) >= 11 is 1.30. The second-order valence-electron chi connectivity index (χ2n) is 7.24. The van der Waals surface area contributed by atoms with Crippen LogP contribution in [0.25, 0.3) is 0 Å². The summed E-state index contributed by atoms with van der Waals surface area (Å²) in [6.07, 6.45) is 2.57. The number of aryl methyl sites for hydroxylation is 2. The first-order chi connectivity index (χ1) is 14.9. The number of carbonyl (C=O) groups is 1. The predicted molar refractivity (Wildman–Crippen MR) is 118 cm³/mol. The van der Waals surface area contributed by atoms with Gasteiger partial charge in [-0.05, 0) is 36.4 Å². The number of thiophene rings is 1. The van der Waals surface area contributed by atoms with E-state index in [1.807, 2.05) is 48.2 Å². The summed E-state index contributed by atoms with van der Waals surface area (Å²) in [5.41, 5.74) is 4.06. The number of rotatable bonds is 7. The van der Waals surface area contributed by atoms with Gasteiger partial charge in [0, 0.05) is 11.8 Å². The molecule has 0 atom stereocenters. The zero-order chi connectivity index (χ0) is 22.0. The Kier molecular flexibility index (Phi) is 5.63. The standard InChI is InChI=1S/C21H20N6O3S/c1-14-4-3-5-16(6-14)11-26-15(2)7-20(24-26)23-21(28)19-8-17(13-31-19)10-25-12-18(9-22-25)27(29)30/h3-9,12-13H,10-11H2,1-2H3,(H,23,24,28). The van der Waals surface area contributed by atoms with Crippen LogP contribution in [0.15, 0.2) is 54.2 Å². The molecule has 0 saturated carbocycles. The molecule has 1 aromatic carbocycles. The molecule has 0 aliphatic heterocycles. The first-order valence-corrected chi connectivity index (χ1v) is 10.4. The van der Waals surface area contributed by atoms with E-state index in [4.69, 9.17) is 0 Å². The Morgan fingerprint density at radius 1 is 1.19 bits per heavy atom. The fraction of sp³-hybridized carbons (Fsp3) is 0.190. The molecule has 31 heavy (non-hydrogen) atoms. The number of nitrogens with one attached hydrogen (secondary N) is 1. The number of hydrogen-bond acceptors (Lipinski definition) is 6. The minimum atomic E-state index is -0.490. The van der Waals surface area contributed by atoms with Crippen molar-refractivity contribution in [3.8, 4) is 0 Å². The predicted octanol–water partition coefficient (Wildman–Crippen LogP) is 4.02. The third-order valence-electron chi connectivity index (χ3n) is 4.69. The Balaban J connectivity index is 1.41. The first kappa shape index (κ1) is 20.5. The highest BCUT2D eigenvalue weighted by Crippen LogP contribution is 2.19. The smallest absolute Gasteiger partial charge is 0.304 e. The third kappa shape index (κ3) is 4.86. The summed E-state index contributed by atoms with van der Waals surface area (Å²) in [7, 11) is 0. The molecule has 4 rings (SSSR count). The molecule has 9 nitrogen and oxygen atoms in total. The van der Waals surface area contributed by atoms with E-state index < -0.39 is 4.92 Å². The average Bonchev–Trinajstić information content (AvgIpc) is 3.44. The highest BCUT2D eigenvalue weighted by Gasteiger charge is 2.14. The Hall–Kier alpha value is -3.79. The molecule has 158 valence electrons. The molecule has 1 amide bonds. The molecule has 0 saturated heterocycles. The number of anilines is 1. The Bertz CT molecular complexity index is 1260. The van der Waals surface area contributed by atoms with Gasteiger partial charge in [-0.25, -0.2) is 0 Å². The lowest BCUT2D eigenvalue weighted by atomic mass is 10.1. The Labute approximate surface area is 182 Å². The van der Waals surface area contributed by atoms with Crippen LogP contribution in [-0.2, 0) is 13.1 Å². The fourth-order valence-corrected chi connectivity index (χ4v) is 3.99. The second kappa shape index (κ2) is 8.52. The van der Waals surface area contributed by atoms with Crippen molar-refractivity contribution in [2.75, 3.05) is 5.32 Å². The molecule has 0 spiro atoms. The van der Waals surface area contributed by atoms with Crippen molar-refractivity contribution < 1.29 is 9.72 Å². The van der Waals surface area contributed by atoms with Crippen LogP contribution in [0.2, 0.25) is 0 Å². The van der Waals surface area contributed by atoms with Gasteiger partial charge in [0.25, 0.3) is 5.91 Å². The highest BCUT2D eigenvalue weighted by molar-refractivity contribution is 7.12. The lowest BCUT2D eigenvalue weighted by molar-refractivity contribution is -0.385. The number of amides is 1. The molecule has 10 heteroatoms. The van der Waals surface area contributed by atoms with Gasteiger partial charge in [-0.2, -0.15) is 10.2 Å². The van der Waals surface area contributed by atoms with Crippen LogP contribution in [-0.4, -0.2) is 30.4 Å². The van der Waals surface area contributed by atoms with E-state index in [1.54, 1.807) is 6.07 Å². The number of nitrogens with zero attached hydrogens (tertiary/aromatic N) is 5.